The average molecular weight is 548 g/mol. The van der Waals surface area contributed by atoms with Gasteiger partial charge in [0.1, 0.15) is 17.3 Å². The number of nitrogens with zero attached hydrogens (tertiary/aromatic N) is 3. The zero-order valence-electron chi connectivity index (χ0n) is 21.6. The van der Waals surface area contributed by atoms with Crippen LogP contribution < -0.4 is 15.6 Å². The second kappa shape index (κ2) is 11.0. The largest absolute Gasteiger partial charge is 0.484 e. The molecule has 9 heteroatoms. The molecule has 3 heterocycles. The van der Waals surface area contributed by atoms with Crippen molar-refractivity contribution in [3.8, 4) is 22.3 Å². The summed E-state index contributed by atoms with van der Waals surface area (Å²) in [5.74, 6) is 0.811. The van der Waals surface area contributed by atoms with E-state index < -0.39 is 0 Å². The summed E-state index contributed by atoms with van der Waals surface area (Å²) in [5.41, 5.74) is 2.58. The van der Waals surface area contributed by atoms with Crippen molar-refractivity contribution in [1.82, 2.24) is 19.7 Å². The fourth-order valence-electron chi connectivity index (χ4n) is 4.47. The molecular formula is C31H25N5O3S. The molecule has 0 aliphatic carbocycles. The Morgan fingerprint density at radius 1 is 0.975 bits per heavy atom. The van der Waals surface area contributed by atoms with Crippen LogP contribution in [0.1, 0.15) is 16.8 Å². The Labute approximate surface area is 233 Å². The van der Waals surface area contributed by atoms with E-state index in [0.29, 0.717) is 34.9 Å². The summed E-state index contributed by atoms with van der Waals surface area (Å²) >= 11 is 1.52. The van der Waals surface area contributed by atoms with Crippen LogP contribution in [0.5, 0.6) is 5.75 Å². The molecule has 6 aromatic rings. The minimum atomic E-state index is -0.369. The molecule has 0 spiro atoms. The van der Waals surface area contributed by atoms with Gasteiger partial charge >= 0.3 is 0 Å². The molecule has 0 radical (unpaired) electrons. The van der Waals surface area contributed by atoms with Crippen LogP contribution in [0, 0.1) is 6.92 Å². The van der Waals surface area contributed by atoms with Gasteiger partial charge in [-0.2, -0.15) is 9.78 Å². The predicted molar refractivity (Wildman–Crippen MR) is 157 cm³/mol. The maximum absolute atomic E-state index is 13.1. The number of hydrogen-bond donors (Lipinski definition) is 2. The average Bonchev–Trinajstić information content (AvgIpc) is 3.65. The number of rotatable bonds is 8. The Morgan fingerprint density at radius 3 is 2.55 bits per heavy atom. The van der Waals surface area contributed by atoms with E-state index in [4.69, 9.17) is 4.74 Å². The van der Waals surface area contributed by atoms with E-state index in [2.05, 4.69) is 20.4 Å². The lowest BCUT2D eigenvalue weighted by molar-refractivity contribution is -0.118. The van der Waals surface area contributed by atoms with Gasteiger partial charge in [0.2, 0.25) is 5.95 Å². The van der Waals surface area contributed by atoms with Crippen molar-refractivity contribution in [1.29, 1.82) is 0 Å². The van der Waals surface area contributed by atoms with Gasteiger partial charge in [-0.25, -0.2) is 4.98 Å². The zero-order valence-corrected chi connectivity index (χ0v) is 22.4. The zero-order chi connectivity index (χ0) is 27.5. The third-order valence-electron chi connectivity index (χ3n) is 6.48. The lowest BCUT2D eigenvalue weighted by Crippen LogP contribution is -2.24. The van der Waals surface area contributed by atoms with Gasteiger partial charge in [-0.3, -0.25) is 14.6 Å². The van der Waals surface area contributed by atoms with Crippen molar-refractivity contribution in [2.45, 2.75) is 13.3 Å². The second-order valence-electron chi connectivity index (χ2n) is 9.27. The maximum atomic E-state index is 13.1. The molecule has 0 unspecified atom stereocenters. The molecule has 0 saturated heterocycles. The minimum absolute atomic E-state index is 0.198. The van der Waals surface area contributed by atoms with Crippen molar-refractivity contribution in [3.63, 3.8) is 0 Å². The molecule has 1 amide bonds. The van der Waals surface area contributed by atoms with Gasteiger partial charge in [0.05, 0.1) is 10.6 Å². The number of benzene rings is 3. The number of aryl methyl sites for hydroxylation is 1. The van der Waals surface area contributed by atoms with Crippen molar-refractivity contribution in [2.24, 2.45) is 0 Å². The van der Waals surface area contributed by atoms with Crippen molar-refractivity contribution in [3.05, 3.63) is 124 Å². The van der Waals surface area contributed by atoms with Crippen LogP contribution in [0.15, 0.2) is 101 Å². The number of thiophene rings is 1. The SMILES string of the molecule is Cc1nc(-n2nc(-c3cccs3)cc2NC(=O)COc2ccc3ccccc3c2)[nH]c(=O)c1Cc1ccccc1. The van der Waals surface area contributed by atoms with Gasteiger partial charge in [-0.05, 0) is 46.8 Å². The molecule has 0 atom stereocenters. The van der Waals surface area contributed by atoms with Gasteiger partial charge in [-0.15, -0.1) is 11.3 Å². The third-order valence-corrected chi connectivity index (χ3v) is 7.37. The fraction of sp³-hybridized carbons (Fsp3) is 0.0968. The van der Waals surface area contributed by atoms with E-state index in [1.165, 1.54) is 16.0 Å². The van der Waals surface area contributed by atoms with E-state index >= 15 is 0 Å². The monoisotopic (exact) mass is 547 g/mol. The number of ether oxygens (including phenoxy) is 1. The highest BCUT2D eigenvalue weighted by atomic mass is 32.1. The summed E-state index contributed by atoms with van der Waals surface area (Å²) in [6.45, 7) is 1.60. The van der Waals surface area contributed by atoms with Gasteiger partial charge in [0.25, 0.3) is 11.5 Å². The molecule has 0 bridgehead atoms. The standard InChI is InChI=1S/C31H25N5O3S/c1-20-25(16-21-8-3-2-4-9-21)30(38)34-31(32-20)36-28(18-26(35-36)27-12-7-15-40-27)33-29(37)19-39-24-14-13-22-10-5-6-11-23(22)17-24/h2-15,17-18H,16,19H2,1H3,(H,33,37)(H,32,34,38). The summed E-state index contributed by atoms with van der Waals surface area (Å²) in [5, 5.41) is 11.6. The first-order valence-electron chi connectivity index (χ1n) is 12.7. The normalized spacial score (nSPS) is 11.0. The number of anilines is 1. The summed E-state index contributed by atoms with van der Waals surface area (Å²) in [6.07, 6.45) is 0.463. The Morgan fingerprint density at radius 2 is 1.77 bits per heavy atom. The number of carbonyl (C=O) groups is 1. The van der Waals surface area contributed by atoms with Crippen LogP contribution in [0.3, 0.4) is 0 Å². The quantitative estimate of drug-likeness (QED) is 0.253. The number of hydrogen-bond acceptors (Lipinski definition) is 6. The minimum Gasteiger partial charge on any atom is -0.484 e. The van der Waals surface area contributed by atoms with Gasteiger partial charge < -0.3 is 10.1 Å². The predicted octanol–water partition coefficient (Wildman–Crippen LogP) is 5.75. The van der Waals surface area contributed by atoms with Crippen LogP contribution in [0.2, 0.25) is 0 Å². The molecule has 40 heavy (non-hydrogen) atoms. The fourth-order valence-corrected chi connectivity index (χ4v) is 5.15. The van der Waals surface area contributed by atoms with Crippen LogP contribution in [0.25, 0.3) is 27.3 Å². The van der Waals surface area contributed by atoms with E-state index in [1.54, 1.807) is 13.0 Å². The number of aromatic nitrogens is 4. The Kier molecular flexibility index (Phi) is 6.95. The molecule has 0 aliphatic rings. The van der Waals surface area contributed by atoms with E-state index in [0.717, 1.165) is 21.2 Å². The highest BCUT2D eigenvalue weighted by molar-refractivity contribution is 7.13. The van der Waals surface area contributed by atoms with Crippen LogP contribution >= 0.6 is 11.3 Å². The first-order valence-corrected chi connectivity index (χ1v) is 13.6. The van der Waals surface area contributed by atoms with E-state index in [1.807, 2.05) is 90.3 Å². The van der Waals surface area contributed by atoms with E-state index in [-0.39, 0.29) is 24.0 Å². The number of amides is 1. The Hall–Kier alpha value is -5.02. The van der Waals surface area contributed by atoms with Crippen molar-refractivity contribution in [2.75, 3.05) is 11.9 Å². The first kappa shape index (κ1) is 25.3. The summed E-state index contributed by atoms with van der Waals surface area (Å²) in [6, 6.07) is 29.0. The Bertz CT molecular complexity index is 1860. The molecule has 8 nitrogen and oxygen atoms in total. The lowest BCUT2D eigenvalue weighted by Gasteiger charge is -2.11. The van der Waals surface area contributed by atoms with Crippen LogP contribution in [0.4, 0.5) is 5.82 Å². The van der Waals surface area contributed by atoms with Crippen LogP contribution in [-0.2, 0) is 11.2 Å². The molecular weight excluding hydrogens is 522 g/mol. The molecule has 3 aromatic carbocycles. The smallest absolute Gasteiger partial charge is 0.263 e. The number of nitrogens with one attached hydrogen (secondary N) is 2. The third kappa shape index (κ3) is 5.41. The lowest BCUT2D eigenvalue weighted by atomic mass is 10.1. The maximum Gasteiger partial charge on any atom is 0.263 e. The van der Waals surface area contributed by atoms with Gasteiger partial charge in [0.15, 0.2) is 6.61 Å². The molecule has 6 rings (SSSR count). The first-order chi connectivity index (χ1) is 19.5. The Balaban J connectivity index is 1.26. The molecule has 0 fully saturated rings. The molecule has 0 saturated carbocycles. The molecule has 2 N–H and O–H groups in total. The molecule has 3 aromatic heterocycles. The summed E-state index contributed by atoms with van der Waals surface area (Å²) < 4.78 is 7.22. The van der Waals surface area contributed by atoms with Crippen molar-refractivity contribution < 1.29 is 9.53 Å². The summed E-state index contributed by atoms with van der Waals surface area (Å²) in [4.78, 5) is 34.5. The molecule has 0 aliphatic heterocycles. The van der Waals surface area contributed by atoms with Crippen molar-refractivity contribution >= 4 is 33.8 Å². The van der Waals surface area contributed by atoms with Crippen LogP contribution in [-0.4, -0.2) is 32.3 Å². The second-order valence-corrected chi connectivity index (χ2v) is 10.2. The number of fused-ring (bicyclic) bond motifs is 1. The molecule has 198 valence electrons. The number of H-pyrrole nitrogens is 1. The highest BCUT2D eigenvalue weighted by Crippen LogP contribution is 2.27. The topological polar surface area (TPSA) is 102 Å². The van der Waals surface area contributed by atoms with E-state index in [9.17, 15) is 9.59 Å². The van der Waals surface area contributed by atoms with Gasteiger partial charge in [0, 0.05) is 18.1 Å². The highest BCUT2D eigenvalue weighted by Gasteiger charge is 2.18. The number of carbonyl (C=O) groups excluding carboxylic acids is 1. The number of aromatic amines is 1. The van der Waals surface area contributed by atoms with Gasteiger partial charge in [-0.1, -0.05) is 66.7 Å². The summed E-state index contributed by atoms with van der Waals surface area (Å²) in [7, 11) is 0.